The minimum atomic E-state index is -0.480. The highest BCUT2D eigenvalue weighted by Crippen LogP contribution is 2.06. The lowest BCUT2D eigenvalue weighted by Gasteiger charge is -2.20. The summed E-state index contributed by atoms with van der Waals surface area (Å²) in [6, 6.07) is 0. The average Bonchev–Trinajstić information content (AvgIpc) is 2.08. The molecule has 0 spiro atoms. The molecule has 1 unspecified atom stereocenters. The zero-order chi connectivity index (χ0) is 11.9. The Labute approximate surface area is 96.3 Å². The van der Waals surface area contributed by atoms with Crippen LogP contribution in [0.2, 0.25) is 0 Å². The van der Waals surface area contributed by atoms with Crippen molar-refractivity contribution in [2.24, 2.45) is 0 Å². The fourth-order valence-electron chi connectivity index (χ4n) is 0.813. The summed E-state index contributed by atoms with van der Waals surface area (Å²) in [4.78, 5) is 11.2. The number of hydrogen-bond acceptors (Lipinski definition) is 3. The molecule has 90 valence electrons. The monoisotopic (exact) mass is 237 g/mol. The van der Waals surface area contributed by atoms with Crippen LogP contribution < -0.4 is 5.32 Å². The molecule has 0 saturated heterocycles. The van der Waals surface area contributed by atoms with Gasteiger partial charge in [0.1, 0.15) is 5.60 Å². The van der Waals surface area contributed by atoms with Gasteiger partial charge in [-0.3, -0.25) is 0 Å². The van der Waals surface area contributed by atoms with Gasteiger partial charge in [0, 0.05) is 13.2 Å². The number of hydrogen-bond donors (Lipinski definition) is 1. The Bertz CT molecular complexity index is 192. The van der Waals surface area contributed by atoms with Crippen LogP contribution in [0.25, 0.3) is 0 Å². The SMILES string of the molecule is CCOCC(Cl)CNC(=O)OC(C)(C)C. The Balaban J connectivity index is 3.62. The Morgan fingerprint density at radius 1 is 1.47 bits per heavy atom. The lowest BCUT2D eigenvalue weighted by atomic mass is 10.2. The molecular formula is C10H20ClNO3. The first-order chi connectivity index (χ1) is 6.85. The Morgan fingerprint density at radius 3 is 2.53 bits per heavy atom. The number of rotatable bonds is 5. The van der Waals surface area contributed by atoms with Crippen molar-refractivity contribution < 1.29 is 14.3 Å². The number of halogens is 1. The van der Waals surface area contributed by atoms with Gasteiger partial charge in [-0.15, -0.1) is 11.6 Å². The first-order valence-electron chi connectivity index (χ1n) is 5.04. The van der Waals surface area contributed by atoms with Crippen molar-refractivity contribution in [3.8, 4) is 0 Å². The quantitative estimate of drug-likeness (QED) is 0.746. The summed E-state index contributed by atoms with van der Waals surface area (Å²) in [5.41, 5.74) is -0.480. The van der Waals surface area contributed by atoms with Crippen LogP contribution in [0.4, 0.5) is 4.79 Å². The molecule has 4 nitrogen and oxygen atoms in total. The van der Waals surface area contributed by atoms with Crippen molar-refractivity contribution in [1.82, 2.24) is 5.32 Å². The van der Waals surface area contributed by atoms with Crippen LogP contribution in [-0.2, 0) is 9.47 Å². The van der Waals surface area contributed by atoms with Crippen molar-refractivity contribution in [3.05, 3.63) is 0 Å². The van der Waals surface area contributed by atoms with Gasteiger partial charge in [-0.1, -0.05) is 0 Å². The van der Waals surface area contributed by atoms with Gasteiger partial charge < -0.3 is 14.8 Å². The summed E-state index contributed by atoms with van der Waals surface area (Å²) in [6.45, 7) is 8.71. The second-order valence-electron chi connectivity index (χ2n) is 4.14. The van der Waals surface area contributed by atoms with Crippen LogP contribution in [0.1, 0.15) is 27.7 Å². The van der Waals surface area contributed by atoms with Crippen LogP contribution in [0.15, 0.2) is 0 Å². The van der Waals surface area contributed by atoms with Gasteiger partial charge in [0.25, 0.3) is 0 Å². The van der Waals surface area contributed by atoms with E-state index in [-0.39, 0.29) is 5.38 Å². The molecule has 0 aromatic rings. The summed E-state index contributed by atoms with van der Waals surface area (Å²) >= 11 is 5.88. The molecule has 0 aromatic heterocycles. The average molecular weight is 238 g/mol. The normalized spacial score (nSPS) is 13.4. The summed E-state index contributed by atoms with van der Waals surface area (Å²) in [6.07, 6.45) is -0.454. The second-order valence-corrected chi connectivity index (χ2v) is 4.76. The standard InChI is InChI=1S/C10H20ClNO3/c1-5-14-7-8(11)6-12-9(13)15-10(2,3)4/h8H,5-7H2,1-4H3,(H,12,13). The highest BCUT2D eigenvalue weighted by Gasteiger charge is 2.16. The van der Waals surface area contributed by atoms with Gasteiger partial charge in [0.05, 0.1) is 12.0 Å². The highest BCUT2D eigenvalue weighted by atomic mass is 35.5. The number of ether oxygens (including phenoxy) is 2. The molecule has 1 amide bonds. The summed E-state index contributed by atoms with van der Waals surface area (Å²) in [7, 11) is 0. The number of carbonyl (C=O) groups excluding carboxylic acids is 1. The van der Waals surface area contributed by atoms with Crippen molar-refractivity contribution in [1.29, 1.82) is 0 Å². The predicted octanol–water partition coefficient (Wildman–Crippen LogP) is 2.16. The largest absolute Gasteiger partial charge is 0.444 e. The molecule has 0 aromatic carbocycles. The Kier molecular flexibility index (Phi) is 6.68. The lowest BCUT2D eigenvalue weighted by molar-refractivity contribution is 0.0522. The lowest BCUT2D eigenvalue weighted by Crippen LogP contribution is -2.36. The third kappa shape index (κ3) is 9.82. The van der Waals surface area contributed by atoms with Gasteiger partial charge in [-0.2, -0.15) is 0 Å². The molecule has 0 aliphatic heterocycles. The molecule has 1 atom stereocenters. The number of alkyl carbamates (subject to hydrolysis) is 1. The zero-order valence-electron chi connectivity index (χ0n) is 9.80. The zero-order valence-corrected chi connectivity index (χ0v) is 10.6. The predicted molar refractivity (Wildman–Crippen MR) is 60.4 cm³/mol. The Hall–Kier alpha value is -0.480. The number of alkyl halides is 1. The Morgan fingerprint density at radius 2 is 2.07 bits per heavy atom. The van der Waals surface area contributed by atoms with Crippen molar-refractivity contribution >= 4 is 17.7 Å². The van der Waals surface area contributed by atoms with E-state index >= 15 is 0 Å². The fraction of sp³-hybridized carbons (Fsp3) is 0.900. The highest BCUT2D eigenvalue weighted by molar-refractivity contribution is 6.21. The summed E-state index contributed by atoms with van der Waals surface area (Å²) in [5, 5.41) is 2.35. The van der Waals surface area contributed by atoms with Gasteiger partial charge in [0.15, 0.2) is 0 Å². The maximum absolute atomic E-state index is 11.2. The van der Waals surface area contributed by atoms with E-state index in [1.54, 1.807) is 0 Å². The first kappa shape index (κ1) is 14.5. The molecule has 0 bridgehead atoms. The number of nitrogens with one attached hydrogen (secondary N) is 1. The third-order valence-electron chi connectivity index (χ3n) is 1.37. The van der Waals surface area contributed by atoms with E-state index in [1.165, 1.54) is 0 Å². The molecule has 15 heavy (non-hydrogen) atoms. The first-order valence-corrected chi connectivity index (χ1v) is 5.47. The van der Waals surface area contributed by atoms with E-state index in [2.05, 4.69) is 5.32 Å². The minimum absolute atomic E-state index is 0.225. The van der Waals surface area contributed by atoms with Crippen molar-refractivity contribution in [2.75, 3.05) is 19.8 Å². The van der Waals surface area contributed by atoms with Gasteiger partial charge >= 0.3 is 6.09 Å². The van der Waals surface area contributed by atoms with Crippen LogP contribution in [0.5, 0.6) is 0 Å². The topological polar surface area (TPSA) is 47.6 Å². The van der Waals surface area contributed by atoms with Gasteiger partial charge in [0.2, 0.25) is 0 Å². The van der Waals surface area contributed by atoms with Gasteiger partial charge in [-0.25, -0.2) is 4.79 Å². The third-order valence-corrected chi connectivity index (χ3v) is 1.65. The van der Waals surface area contributed by atoms with Gasteiger partial charge in [-0.05, 0) is 27.7 Å². The molecule has 0 radical (unpaired) electrons. The number of carbonyl (C=O) groups is 1. The molecule has 0 fully saturated rings. The molecule has 1 N–H and O–H groups in total. The van der Waals surface area contributed by atoms with E-state index in [9.17, 15) is 4.79 Å². The van der Waals surface area contributed by atoms with E-state index in [0.717, 1.165) is 0 Å². The second kappa shape index (κ2) is 6.90. The van der Waals surface area contributed by atoms with E-state index in [4.69, 9.17) is 21.1 Å². The maximum Gasteiger partial charge on any atom is 0.407 e. The summed E-state index contributed by atoms with van der Waals surface area (Å²) < 4.78 is 10.1. The van der Waals surface area contributed by atoms with E-state index in [0.29, 0.717) is 19.8 Å². The van der Waals surface area contributed by atoms with Crippen LogP contribution in [-0.4, -0.2) is 36.8 Å². The molecule has 0 aliphatic rings. The van der Waals surface area contributed by atoms with Crippen LogP contribution in [0, 0.1) is 0 Å². The molecule has 0 saturated carbocycles. The van der Waals surface area contributed by atoms with Crippen LogP contribution >= 0.6 is 11.6 Å². The van der Waals surface area contributed by atoms with Crippen molar-refractivity contribution in [2.45, 2.75) is 38.7 Å². The molecule has 5 heteroatoms. The minimum Gasteiger partial charge on any atom is -0.444 e. The molecule has 0 aliphatic carbocycles. The maximum atomic E-state index is 11.2. The van der Waals surface area contributed by atoms with E-state index < -0.39 is 11.7 Å². The fourth-order valence-corrected chi connectivity index (χ4v) is 0.979. The van der Waals surface area contributed by atoms with E-state index in [1.807, 2.05) is 27.7 Å². The van der Waals surface area contributed by atoms with Crippen molar-refractivity contribution in [3.63, 3.8) is 0 Å². The smallest absolute Gasteiger partial charge is 0.407 e. The summed E-state index contributed by atoms with van der Waals surface area (Å²) in [5.74, 6) is 0. The molecule has 0 heterocycles. The molecule has 0 rings (SSSR count). The number of amides is 1. The van der Waals surface area contributed by atoms with Crippen LogP contribution in [0.3, 0.4) is 0 Å². The molecular weight excluding hydrogens is 218 g/mol.